The molecule has 0 N–H and O–H groups in total. The van der Waals surface area contributed by atoms with E-state index in [1.807, 2.05) is 0 Å². The molecule has 0 amide bonds. The maximum atomic E-state index is 10.6. The first-order valence-electron chi connectivity index (χ1n) is 5.02. The quantitative estimate of drug-likeness (QED) is 0.493. The Morgan fingerprint density at radius 2 is 2.54 bits per heavy atom. The van der Waals surface area contributed by atoms with Gasteiger partial charge in [-0.05, 0) is 6.07 Å². The van der Waals surface area contributed by atoms with Crippen LogP contribution >= 0.6 is 0 Å². The number of rotatable bonds is 1. The highest BCUT2D eigenvalue weighted by Crippen LogP contribution is 2.19. The summed E-state index contributed by atoms with van der Waals surface area (Å²) in [7, 11) is 0. The van der Waals surface area contributed by atoms with Crippen LogP contribution in [0.15, 0.2) is 24.4 Å². The molecule has 0 aliphatic carbocycles. The Labute approximate surface area is 78.0 Å². The van der Waals surface area contributed by atoms with E-state index in [0.717, 1.165) is 4.68 Å². The fourth-order valence-corrected chi connectivity index (χ4v) is 1.12. The molecule has 0 saturated carbocycles. The Hall–Kier alpha value is -1.91. The highest BCUT2D eigenvalue weighted by atomic mass is 16.6. The molecule has 0 atom stereocenters. The number of aryl methyl sites for hydroxylation is 1. The predicted molar refractivity (Wildman–Crippen MR) is 47.4 cm³/mol. The highest BCUT2D eigenvalue weighted by molar-refractivity contribution is 5.80. The van der Waals surface area contributed by atoms with E-state index in [2.05, 4.69) is 5.10 Å². The number of fused-ring (bicyclic) bond motifs is 1. The molecular formula is C8H7N3O2. The summed E-state index contributed by atoms with van der Waals surface area (Å²) < 4.78 is 22.4. The van der Waals surface area contributed by atoms with Gasteiger partial charge in [0.1, 0.15) is 0 Å². The summed E-state index contributed by atoms with van der Waals surface area (Å²) in [5.41, 5.74) is 0.0766. The molecule has 2 rings (SSSR count). The maximum Gasteiger partial charge on any atom is 0.271 e. The highest BCUT2D eigenvalue weighted by Gasteiger charge is 2.07. The second kappa shape index (κ2) is 2.55. The van der Waals surface area contributed by atoms with Crippen molar-refractivity contribution in [2.75, 3.05) is 0 Å². The summed E-state index contributed by atoms with van der Waals surface area (Å²) >= 11 is 0. The minimum atomic E-state index is -2.43. The zero-order chi connectivity index (χ0) is 11.9. The number of nitro groups is 1. The lowest BCUT2D eigenvalue weighted by Crippen LogP contribution is -1.91. The van der Waals surface area contributed by atoms with Crippen molar-refractivity contribution >= 4 is 16.6 Å². The third-order valence-electron chi connectivity index (χ3n) is 1.77. The Kier molecular flexibility index (Phi) is 0.972. The van der Waals surface area contributed by atoms with Crippen LogP contribution in [-0.4, -0.2) is 14.7 Å². The van der Waals surface area contributed by atoms with Gasteiger partial charge in [0.25, 0.3) is 5.69 Å². The lowest BCUT2D eigenvalue weighted by atomic mass is 10.2. The topological polar surface area (TPSA) is 61.0 Å². The maximum absolute atomic E-state index is 10.6. The largest absolute Gasteiger partial charge is 0.271 e. The molecule has 0 radical (unpaired) electrons. The SMILES string of the molecule is [2H]C([2H])([2H])n1ncc2ccc([N+](=O)[O-])cc21. The molecule has 5 heteroatoms. The van der Waals surface area contributed by atoms with Gasteiger partial charge in [-0.3, -0.25) is 14.8 Å². The van der Waals surface area contributed by atoms with Gasteiger partial charge in [-0.25, -0.2) is 0 Å². The fourth-order valence-electron chi connectivity index (χ4n) is 1.12. The first kappa shape index (κ1) is 4.96. The second-order valence-electron chi connectivity index (χ2n) is 2.56. The zero-order valence-corrected chi connectivity index (χ0v) is 6.47. The lowest BCUT2D eigenvalue weighted by molar-refractivity contribution is -0.384. The first-order chi connectivity index (χ1) is 7.39. The molecule has 0 saturated heterocycles. The zero-order valence-electron chi connectivity index (χ0n) is 9.47. The molecule has 0 bridgehead atoms. The molecule has 0 aliphatic heterocycles. The van der Waals surface area contributed by atoms with E-state index in [1.54, 1.807) is 0 Å². The van der Waals surface area contributed by atoms with Gasteiger partial charge in [-0.15, -0.1) is 0 Å². The summed E-state index contributed by atoms with van der Waals surface area (Å²) in [6, 6.07) is 3.99. The normalized spacial score (nSPS) is 14.9. The van der Waals surface area contributed by atoms with Crippen LogP contribution in [0.1, 0.15) is 4.11 Å². The number of benzene rings is 1. The van der Waals surface area contributed by atoms with Crippen molar-refractivity contribution < 1.29 is 9.04 Å². The summed E-state index contributed by atoms with van der Waals surface area (Å²) in [6.07, 6.45) is 1.37. The Balaban J connectivity index is 2.70. The average Bonchev–Trinajstić information content (AvgIpc) is 2.58. The van der Waals surface area contributed by atoms with Crippen molar-refractivity contribution in [3.63, 3.8) is 0 Å². The Morgan fingerprint density at radius 1 is 1.69 bits per heavy atom. The van der Waals surface area contributed by atoms with Crippen LogP contribution in [0.2, 0.25) is 0 Å². The Bertz CT molecular complexity index is 561. The molecule has 1 aromatic heterocycles. The third kappa shape index (κ3) is 1.14. The van der Waals surface area contributed by atoms with Crippen LogP contribution < -0.4 is 0 Å². The van der Waals surface area contributed by atoms with E-state index in [1.165, 1.54) is 24.4 Å². The van der Waals surface area contributed by atoms with E-state index in [4.69, 9.17) is 4.11 Å². The fraction of sp³-hybridized carbons (Fsp3) is 0.125. The monoisotopic (exact) mass is 180 g/mol. The van der Waals surface area contributed by atoms with Gasteiger partial charge < -0.3 is 0 Å². The van der Waals surface area contributed by atoms with Crippen LogP contribution in [0.3, 0.4) is 0 Å². The molecule has 0 spiro atoms. The first-order valence-corrected chi connectivity index (χ1v) is 3.52. The van der Waals surface area contributed by atoms with Crippen LogP contribution in [0, 0.1) is 10.1 Å². The number of hydrogen-bond acceptors (Lipinski definition) is 3. The molecule has 13 heavy (non-hydrogen) atoms. The smallest absolute Gasteiger partial charge is 0.268 e. The van der Waals surface area contributed by atoms with Crippen LogP contribution in [-0.2, 0) is 6.98 Å². The minimum Gasteiger partial charge on any atom is -0.268 e. The molecule has 66 valence electrons. The molecule has 1 heterocycles. The molecular weight excluding hydrogens is 170 g/mol. The molecule has 0 fully saturated rings. The molecule has 0 unspecified atom stereocenters. The molecule has 0 aliphatic rings. The number of non-ortho nitro benzene ring substituents is 1. The number of nitrogens with zero attached hydrogens (tertiary/aromatic N) is 3. The molecule has 5 nitrogen and oxygen atoms in total. The summed E-state index contributed by atoms with van der Waals surface area (Å²) in [5, 5.41) is 14.8. The van der Waals surface area contributed by atoms with Gasteiger partial charge in [0.15, 0.2) is 0 Å². The molecule has 2 aromatic rings. The average molecular weight is 180 g/mol. The predicted octanol–water partition coefficient (Wildman–Crippen LogP) is 1.48. The standard InChI is InChI=1S/C8H7N3O2/c1-10-8-4-7(11(12)13)3-2-6(8)5-9-10/h2-5H,1H3/i1D3. The van der Waals surface area contributed by atoms with Crippen molar-refractivity contribution in [2.24, 2.45) is 6.98 Å². The van der Waals surface area contributed by atoms with E-state index in [9.17, 15) is 10.1 Å². The van der Waals surface area contributed by atoms with Gasteiger partial charge in [0.05, 0.1) is 16.6 Å². The van der Waals surface area contributed by atoms with E-state index in [-0.39, 0.29) is 11.2 Å². The van der Waals surface area contributed by atoms with Gasteiger partial charge in [-0.2, -0.15) is 5.10 Å². The van der Waals surface area contributed by atoms with Crippen molar-refractivity contribution in [1.29, 1.82) is 0 Å². The van der Waals surface area contributed by atoms with E-state index in [0.29, 0.717) is 5.39 Å². The number of hydrogen-bond donors (Lipinski definition) is 0. The van der Waals surface area contributed by atoms with Crippen molar-refractivity contribution in [1.82, 2.24) is 9.78 Å². The summed E-state index contributed by atoms with van der Waals surface area (Å²) in [4.78, 5) is 9.99. The van der Waals surface area contributed by atoms with Crippen LogP contribution in [0.25, 0.3) is 10.9 Å². The van der Waals surface area contributed by atoms with Crippen molar-refractivity contribution in [3.8, 4) is 0 Å². The summed E-state index contributed by atoms with van der Waals surface area (Å²) in [5.74, 6) is 0. The second-order valence-corrected chi connectivity index (χ2v) is 2.56. The van der Waals surface area contributed by atoms with E-state index < -0.39 is 11.9 Å². The van der Waals surface area contributed by atoms with Crippen molar-refractivity contribution in [3.05, 3.63) is 34.5 Å². The molecule has 1 aromatic carbocycles. The lowest BCUT2D eigenvalue weighted by Gasteiger charge is -1.93. The summed E-state index contributed by atoms with van der Waals surface area (Å²) in [6.45, 7) is -2.43. The van der Waals surface area contributed by atoms with Crippen LogP contribution in [0.5, 0.6) is 0 Å². The Morgan fingerprint density at radius 3 is 3.23 bits per heavy atom. The number of aromatic nitrogens is 2. The van der Waals surface area contributed by atoms with Crippen LogP contribution in [0.4, 0.5) is 5.69 Å². The van der Waals surface area contributed by atoms with Crippen molar-refractivity contribution in [2.45, 2.75) is 0 Å². The van der Waals surface area contributed by atoms with Gasteiger partial charge >= 0.3 is 0 Å². The van der Waals surface area contributed by atoms with Gasteiger partial charge in [0.2, 0.25) is 0 Å². The number of nitro benzene ring substituents is 1. The minimum absolute atomic E-state index is 0.154. The van der Waals surface area contributed by atoms with Gasteiger partial charge in [-0.1, -0.05) is 0 Å². The van der Waals surface area contributed by atoms with E-state index >= 15 is 0 Å². The van der Waals surface area contributed by atoms with Gasteiger partial charge in [0, 0.05) is 28.6 Å². The third-order valence-corrected chi connectivity index (χ3v) is 1.77.